The summed E-state index contributed by atoms with van der Waals surface area (Å²) in [5.74, 6) is -0.161. The number of hydrogen-bond acceptors (Lipinski definition) is 16. The van der Waals surface area contributed by atoms with Gasteiger partial charge in [0, 0.05) is 12.5 Å². The van der Waals surface area contributed by atoms with Crippen LogP contribution >= 0.6 is 15.6 Å². The Labute approximate surface area is 275 Å². The van der Waals surface area contributed by atoms with E-state index in [9.17, 15) is 23.7 Å². The molecule has 0 radical (unpaired) electrons. The van der Waals surface area contributed by atoms with Gasteiger partial charge in [-0.2, -0.15) is 4.98 Å². The zero-order valence-corrected chi connectivity index (χ0v) is 27.9. The number of aromatic amines is 1. The smallest absolute Gasteiger partial charge is 0.382 e. The number of methoxy groups -OCH3 is 1. The summed E-state index contributed by atoms with van der Waals surface area (Å²) in [6, 6.07) is -1.09. The maximum Gasteiger partial charge on any atom is 0.472 e. The van der Waals surface area contributed by atoms with Gasteiger partial charge in [0.2, 0.25) is 5.95 Å². The molecule has 4 aromatic heterocycles. The lowest BCUT2D eigenvalue weighted by atomic mass is 9.87. The number of H-pyrrole nitrogens is 1. The maximum absolute atomic E-state index is 16.4. The molecule has 10 atom stereocenters. The largest absolute Gasteiger partial charge is 0.472 e. The molecule has 21 nitrogen and oxygen atoms in total. The number of halogens is 1. The average molecular weight is 731 g/mol. The minimum Gasteiger partial charge on any atom is -0.382 e. The summed E-state index contributed by atoms with van der Waals surface area (Å²) in [6.07, 6.45) is -4.18. The van der Waals surface area contributed by atoms with Crippen LogP contribution in [0, 0.1) is 5.41 Å². The first kappa shape index (κ1) is 34.0. The van der Waals surface area contributed by atoms with Crippen molar-refractivity contribution in [2.75, 3.05) is 31.8 Å². The number of ether oxygens (including phenoxy) is 2. The van der Waals surface area contributed by atoms with Crippen LogP contribution in [0.15, 0.2) is 23.8 Å². The highest BCUT2D eigenvalue weighted by molar-refractivity contribution is 7.47. The summed E-state index contributed by atoms with van der Waals surface area (Å²) in [4.78, 5) is 57.3. The number of hydrogen-bond donors (Lipinski definition) is 5. The van der Waals surface area contributed by atoms with E-state index in [-0.39, 0.29) is 46.9 Å². The van der Waals surface area contributed by atoms with Crippen LogP contribution < -0.4 is 17.0 Å². The number of phosphoric acid groups is 2. The van der Waals surface area contributed by atoms with Crippen LogP contribution in [0.2, 0.25) is 0 Å². The van der Waals surface area contributed by atoms with E-state index in [1.54, 1.807) is 6.92 Å². The third-order valence-corrected chi connectivity index (χ3v) is 11.2. The van der Waals surface area contributed by atoms with E-state index >= 15 is 4.39 Å². The topological polar surface area (TPSA) is 289 Å². The molecule has 2 unspecified atom stereocenters. The molecule has 3 fully saturated rings. The number of phosphoric ester groups is 2. The van der Waals surface area contributed by atoms with Crippen LogP contribution in [-0.2, 0) is 36.7 Å². The van der Waals surface area contributed by atoms with E-state index in [0.717, 1.165) is 0 Å². The number of nitrogens with two attached hydrogens (primary N) is 2. The van der Waals surface area contributed by atoms with Crippen molar-refractivity contribution in [2.24, 2.45) is 5.41 Å². The lowest BCUT2D eigenvalue weighted by Gasteiger charge is -2.37. The van der Waals surface area contributed by atoms with Crippen molar-refractivity contribution in [1.29, 1.82) is 0 Å². The molecule has 24 heteroatoms. The summed E-state index contributed by atoms with van der Waals surface area (Å²) in [5, 5.41) is 0. The second-order valence-electron chi connectivity index (χ2n) is 12.4. The third-order valence-electron chi connectivity index (χ3n) is 9.34. The van der Waals surface area contributed by atoms with Gasteiger partial charge in [-0.15, -0.1) is 0 Å². The van der Waals surface area contributed by atoms with E-state index < -0.39 is 82.2 Å². The zero-order chi connectivity index (χ0) is 35.1. The van der Waals surface area contributed by atoms with Gasteiger partial charge in [0.15, 0.2) is 28.9 Å². The molecular formula is C25H33FN10O11P2. The number of nitrogens with zero attached hydrogens (tertiary/aromatic N) is 7. The number of fused-ring (bicyclic) bond motifs is 4. The van der Waals surface area contributed by atoms with E-state index in [1.807, 2.05) is 0 Å². The second kappa shape index (κ2) is 11.8. The number of nitrogen functional groups attached to an aromatic ring is 2. The molecule has 1 saturated carbocycles. The number of rotatable bonds is 4. The highest BCUT2D eigenvalue weighted by atomic mass is 31.2. The predicted octanol–water partition coefficient (Wildman–Crippen LogP) is 1.12. The molecule has 0 bridgehead atoms. The molecule has 2 aliphatic heterocycles. The molecule has 49 heavy (non-hydrogen) atoms. The first-order valence-electron chi connectivity index (χ1n) is 14.9. The molecule has 0 aromatic carbocycles. The Hall–Kier alpha value is -3.43. The standard InChI is InChI=1S/C25H33FN10O11P2/c1-4-25-7-44-49(40,41)46-16-12(26)11(35-9-31-13-18(27)29-8-30-19(13)35)5-24(16,2)6-43-48(38,39)47-17(25)15(42-3)22(45-25)36-10-32-14-20(36)33-23(28)34-21(14)37/h8-12,15-17,22H,4-7H2,1-3H3,(H,38,39)(H,40,41)(H2,27,29,30)(H3,28,33,34,37)/t11-,12+,15-,16+,17+,22-,24-,25-/m1/s1. The molecule has 0 spiro atoms. The fourth-order valence-electron chi connectivity index (χ4n) is 6.82. The Morgan fingerprint density at radius 1 is 1.04 bits per heavy atom. The Morgan fingerprint density at radius 3 is 2.43 bits per heavy atom. The molecular weight excluding hydrogens is 697 g/mol. The Kier molecular flexibility index (Phi) is 8.22. The van der Waals surface area contributed by atoms with Crippen molar-refractivity contribution < 1.29 is 50.9 Å². The fraction of sp³-hybridized carbons (Fsp3) is 0.600. The lowest BCUT2D eigenvalue weighted by Crippen LogP contribution is -2.48. The zero-order valence-electron chi connectivity index (χ0n) is 26.2. The van der Waals surface area contributed by atoms with Gasteiger partial charge in [-0.25, -0.2) is 33.5 Å². The summed E-state index contributed by atoms with van der Waals surface area (Å²) in [7, 11) is -8.89. The quantitative estimate of drug-likeness (QED) is 0.184. The molecule has 7 N–H and O–H groups in total. The predicted molar refractivity (Wildman–Crippen MR) is 164 cm³/mol. The van der Waals surface area contributed by atoms with Gasteiger partial charge >= 0.3 is 15.6 Å². The molecule has 3 aliphatic rings. The summed E-state index contributed by atoms with van der Waals surface area (Å²) in [6.45, 7) is 1.62. The number of nitrogens with one attached hydrogen (secondary N) is 1. The fourth-order valence-corrected chi connectivity index (χ4v) is 9.04. The molecule has 6 heterocycles. The van der Waals surface area contributed by atoms with Gasteiger partial charge < -0.3 is 35.3 Å². The number of imidazole rings is 2. The van der Waals surface area contributed by atoms with Crippen molar-refractivity contribution >= 4 is 49.7 Å². The van der Waals surface area contributed by atoms with Crippen LogP contribution in [0.5, 0.6) is 0 Å². The van der Waals surface area contributed by atoms with Gasteiger partial charge in [0.05, 0.1) is 31.9 Å². The normalized spacial score (nSPS) is 38.7. The molecule has 0 amide bonds. The van der Waals surface area contributed by atoms with Gasteiger partial charge in [-0.3, -0.25) is 32.4 Å². The molecule has 2 saturated heterocycles. The van der Waals surface area contributed by atoms with Crippen molar-refractivity contribution in [3.05, 3.63) is 29.3 Å². The van der Waals surface area contributed by atoms with Crippen molar-refractivity contribution in [2.45, 2.75) is 69.0 Å². The molecule has 266 valence electrons. The highest BCUT2D eigenvalue weighted by Crippen LogP contribution is 2.60. The van der Waals surface area contributed by atoms with E-state index in [1.165, 1.54) is 42.1 Å². The van der Waals surface area contributed by atoms with Crippen LogP contribution in [0.25, 0.3) is 22.3 Å². The monoisotopic (exact) mass is 730 g/mol. The summed E-state index contributed by atoms with van der Waals surface area (Å²) >= 11 is 0. The lowest BCUT2D eigenvalue weighted by molar-refractivity contribution is -0.131. The highest BCUT2D eigenvalue weighted by Gasteiger charge is 2.62. The molecule has 1 aliphatic carbocycles. The Balaban J connectivity index is 1.25. The van der Waals surface area contributed by atoms with Gasteiger partial charge in [0.25, 0.3) is 5.56 Å². The van der Waals surface area contributed by atoms with Crippen molar-refractivity contribution in [3.8, 4) is 0 Å². The SMILES string of the molecule is CC[C@@]12COP(=O)(O)O[C@H]3[C@@H](F)[C@H](n4cnc5c(N)ncnc54)C[C@]3(C)COP(=O)(O)O[C@H]1[C@@H](OC)[C@H](n1cnc3c(=O)[nH]c(N)nc31)O2. The van der Waals surface area contributed by atoms with Crippen LogP contribution in [0.3, 0.4) is 0 Å². The maximum atomic E-state index is 16.4. The minimum absolute atomic E-state index is 0.0125. The first-order chi connectivity index (χ1) is 23.1. The van der Waals surface area contributed by atoms with Gasteiger partial charge in [0.1, 0.15) is 41.9 Å². The Morgan fingerprint density at radius 2 is 1.71 bits per heavy atom. The minimum atomic E-state index is -5.11. The van der Waals surface area contributed by atoms with Gasteiger partial charge in [-0.05, 0) is 12.8 Å². The molecule has 7 rings (SSSR count). The number of alkyl halides is 1. The first-order valence-corrected chi connectivity index (χ1v) is 17.9. The van der Waals surface area contributed by atoms with Crippen molar-refractivity contribution in [3.63, 3.8) is 0 Å². The van der Waals surface area contributed by atoms with Crippen molar-refractivity contribution in [1.82, 2.24) is 39.0 Å². The number of aromatic nitrogens is 8. The van der Waals surface area contributed by atoms with E-state index in [4.69, 9.17) is 39.0 Å². The Bertz CT molecular complexity index is 2080. The van der Waals surface area contributed by atoms with Crippen LogP contribution in [0.4, 0.5) is 16.2 Å². The second-order valence-corrected chi connectivity index (χ2v) is 15.2. The molecule has 4 aromatic rings. The summed E-state index contributed by atoms with van der Waals surface area (Å²) in [5.41, 5.74) is 8.03. The van der Waals surface area contributed by atoms with Crippen LogP contribution in [0.1, 0.15) is 39.0 Å². The van der Waals surface area contributed by atoms with Crippen LogP contribution in [-0.4, -0.2) is 99.2 Å². The summed E-state index contributed by atoms with van der Waals surface area (Å²) < 4.78 is 80.6. The third kappa shape index (κ3) is 5.65. The van der Waals surface area contributed by atoms with E-state index in [0.29, 0.717) is 0 Å². The van der Waals surface area contributed by atoms with E-state index in [2.05, 4.69) is 29.9 Å². The number of anilines is 2. The van der Waals surface area contributed by atoms with Gasteiger partial charge in [-0.1, -0.05) is 13.8 Å². The average Bonchev–Trinajstić information content (AvgIpc) is 3.79.